The molecule has 232 valence electrons. The summed E-state index contributed by atoms with van der Waals surface area (Å²) < 4.78 is 13.5. The number of ether oxygens (including phenoxy) is 1. The Morgan fingerprint density at radius 1 is 0.955 bits per heavy atom. The molecule has 2 aromatic carbocycles. The highest BCUT2D eigenvalue weighted by Crippen LogP contribution is 2.42. The molecule has 2 aliphatic rings. The van der Waals surface area contributed by atoms with Crippen molar-refractivity contribution in [1.82, 2.24) is 20.7 Å². The van der Waals surface area contributed by atoms with E-state index >= 15 is 0 Å². The van der Waals surface area contributed by atoms with Crippen LogP contribution in [-0.4, -0.2) is 70.0 Å². The molecule has 4 N–H and O–H groups in total. The van der Waals surface area contributed by atoms with Gasteiger partial charge >= 0.3 is 12.1 Å². The second-order valence-electron chi connectivity index (χ2n) is 11.9. The molecule has 2 amide bonds. The fraction of sp³-hybridized carbons (Fsp3) is 0.333. The number of nitrogens with zero attached hydrogens (tertiary/aromatic N) is 2. The van der Waals surface area contributed by atoms with Crippen molar-refractivity contribution in [2.24, 2.45) is 0 Å². The summed E-state index contributed by atoms with van der Waals surface area (Å²) in [7, 11) is 7.74. The largest absolute Gasteiger partial charge is 0.478 e. The van der Waals surface area contributed by atoms with Crippen LogP contribution in [0.3, 0.4) is 0 Å². The number of aromatic carboxylic acids is 1. The second kappa shape index (κ2) is 13.2. The number of fused-ring (bicyclic) bond motifs is 2. The van der Waals surface area contributed by atoms with Crippen molar-refractivity contribution in [3.8, 4) is 22.5 Å². The van der Waals surface area contributed by atoms with Crippen molar-refractivity contribution in [2.45, 2.75) is 32.8 Å². The van der Waals surface area contributed by atoms with Crippen molar-refractivity contribution in [2.75, 3.05) is 46.2 Å². The van der Waals surface area contributed by atoms with Crippen molar-refractivity contribution in [3.63, 3.8) is 0 Å². The van der Waals surface area contributed by atoms with Crippen LogP contribution in [0.2, 0.25) is 0 Å². The van der Waals surface area contributed by atoms with Crippen LogP contribution in [-0.2, 0) is 4.74 Å². The molecule has 11 heteroatoms. The van der Waals surface area contributed by atoms with Crippen molar-refractivity contribution >= 4 is 34.6 Å². The van der Waals surface area contributed by atoms with Crippen LogP contribution in [0.25, 0.3) is 33.4 Å². The van der Waals surface area contributed by atoms with Gasteiger partial charge in [0.15, 0.2) is 0 Å². The number of benzene rings is 3. The first kappa shape index (κ1) is 32.0. The average molecular weight is 603 g/mol. The molecule has 0 radical (unpaired) electrons. The van der Waals surface area contributed by atoms with Gasteiger partial charge in [0, 0.05) is 67.1 Å². The van der Waals surface area contributed by atoms with Gasteiger partial charge in [0.25, 0.3) is 5.91 Å². The Bertz CT molecular complexity index is 1750. The molecule has 0 aromatic heterocycles. The summed E-state index contributed by atoms with van der Waals surface area (Å²) in [5, 5.41) is 14.7. The molecule has 0 saturated carbocycles. The minimum atomic E-state index is -1.10. The number of amides is 2. The van der Waals surface area contributed by atoms with E-state index < -0.39 is 17.7 Å². The predicted molar refractivity (Wildman–Crippen MR) is 171 cm³/mol. The monoisotopic (exact) mass is 602 g/mol. The molecule has 44 heavy (non-hydrogen) atoms. The highest BCUT2D eigenvalue weighted by molar-refractivity contribution is 6.09. The number of carboxylic acids is 1. The molecule has 0 unspecified atom stereocenters. The summed E-state index contributed by atoms with van der Waals surface area (Å²) in [5.41, 5.74) is 8.34. The molecule has 0 spiro atoms. The molecular weight excluding hydrogens is 562 g/mol. The number of hydrazine groups is 1. The van der Waals surface area contributed by atoms with Gasteiger partial charge < -0.3 is 24.5 Å². The van der Waals surface area contributed by atoms with E-state index in [1.165, 1.54) is 12.1 Å². The third-order valence-corrected chi connectivity index (χ3v) is 6.86. The van der Waals surface area contributed by atoms with E-state index in [0.29, 0.717) is 47.5 Å². The lowest BCUT2D eigenvalue weighted by Crippen LogP contribution is -2.42. The van der Waals surface area contributed by atoms with Crippen LogP contribution in [0, 0.1) is 0 Å². The van der Waals surface area contributed by atoms with Crippen LogP contribution in [0.1, 0.15) is 47.9 Å². The van der Waals surface area contributed by atoms with Crippen molar-refractivity contribution in [3.05, 3.63) is 71.1 Å². The topological polar surface area (TPSA) is 136 Å². The summed E-state index contributed by atoms with van der Waals surface area (Å²) in [5.74, 6) is -0.858. The number of carboxylic acid groups (broad SMARTS) is 1. The molecule has 0 atom stereocenters. The first-order valence-corrected chi connectivity index (χ1v) is 14.3. The molecule has 0 saturated heterocycles. The zero-order chi connectivity index (χ0) is 32.2. The lowest BCUT2D eigenvalue weighted by Gasteiger charge is -2.19. The Labute approximate surface area is 256 Å². The van der Waals surface area contributed by atoms with Crippen molar-refractivity contribution < 1.29 is 28.6 Å². The van der Waals surface area contributed by atoms with E-state index in [0.717, 1.165) is 22.0 Å². The maximum atomic E-state index is 13.2. The minimum Gasteiger partial charge on any atom is -0.478 e. The minimum absolute atomic E-state index is 0.0705. The standard InChI is InChI=1S/C33H39N5O6/c1-33(2,3)44-32(42)36-35-16-8-15-34-30(39)20-9-12-23(31(40)41)26(17-20)29-24-13-10-21(37(4)5)18-27(24)43-28-19-22(38(6)7)11-14-25(28)29/h9-14,17-19,35H,8,15-16H2,1-7H3,(H2-,34,36,39,40,41,42)/p+1. The van der Waals surface area contributed by atoms with E-state index in [-0.39, 0.29) is 11.5 Å². The Morgan fingerprint density at radius 3 is 2.36 bits per heavy atom. The van der Waals surface area contributed by atoms with E-state index in [9.17, 15) is 19.5 Å². The Kier molecular flexibility index (Phi) is 9.59. The van der Waals surface area contributed by atoms with Gasteiger partial charge in [-0.2, -0.15) is 0 Å². The zero-order valence-electron chi connectivity index (χ0n) is 26.2. The van der Waals surface area contributed by atoms with Crippen LogP contribution in [0.15, 0.2) is 59.0 Å². The van der Waals surface area contributed by atoms with Gasteiger partial charge in [-0.05, 0) is 69.2 Å². The molecule has 4 rings (SSSR count). The van der Waals surface area contributed by atoms with Crippen LogP contribution in [0.4, 0.5) is 10.5 Å². The number of anilines is 1. The Morgan fingerprint density at radius 2 is 1.70 bits per heavy atom. The van der Waals surface area contributed by atoms with Gasteiger partial charge in [-0.3, -0.25) is 10.2 Å². The average Bonchev–Trinajstić information content (AvgIpc) is 2.95. The molecule has 2 aromatic rings. The molecule has 1 heterocycles. The van der Waals surface area contributed by atoms with E-state index in [1.54, 1.807) is 26.8 Å². The fourth-order valence-corrected chi connectivity index (χ4v) is 4.71. The normalized spacial score (nSPS) is 11.3. The number of carbonyl (C=O) groups excluding carboxylic acids is 2. The molecule has 0 fully saturated rings. The Balaban J connectivity index is 1.67. The van der Waals surface area contributed by atoms with E-state index in [2.05, 4.69) is 16.2 Å². The maximum Gasteiger partial charge on any atom is 0.422 e. The smallest absolute Gasteiger partial charge is 0.422 e. The molecule has 11 nitrogen and oxygen atoms in total. The lowest BCUT2D eigenvalue weighted by atomic mass is 9.89. The number of nitrogens with one attached hydrogen (secondary N) is 3. The molecule has 0 bridgehead atoms. The molecular formula is C33H40N5O6+. The van der Waals surface area contributed by atoms with Gasteiger partial charge in [0.1, 0.15) is 31.0 Å². The number of carbonyl (C=O) groups is 3. The van der Waals surface area contributed by atoms with Gasteiger partial charge in [0.05, 0.1) is 11.6 Å². The van der Waals surface area contributed by atoms with Crippen molar-refractivity contribution in [1.29, 1.82) is 0 Å². The second-order valence-corrected chi connectivity index (χ2v) is 11.9. The van der Waals surface area contributed by atoms with Crippen LogP contribution >= 0.6 is 0 Å². The third kappa shape index (κ3) is 7.54. The van der Waals surface area contributed by atoms with E-state index in [4.69, 9.17) is 9.15 Å². The first-order chi connectivity index (χ1) is 20.7. The van der Waals surface area contributed by atoms with Gasteiger partial charge in [-0.15, -0.1) is 0 Å². The quantitative estimate of drug-likeness (QED) is 0.0971. The highest BCUT2D eigenvalue weighted by atomic mass is 16.6. The molecule has 1 aliphatic carbocycles. The predicted octanol–water partition coefficient (Wildman–Crippen LogP) is 4.15. The number of hydrogen-bond donors (Lipinski definition) is 4. The molecule has 1 aliphatic heterocycles. The third-order valence-electron chi connectivity index (χ3n) is 6.86. The Hall–Kier alpha value is -4.90. The summed E-state index contributed by atoms with van der Waals surface area (Å²) in [6, 6.07) is 16.2. The zero-order valence-corrected chi connectivity index (χ0v) is 26.2. The highest BCUT2D eigenvalue weighted by Gasteiger charge is 2.24. The number of hydrogen-bond acceptors (Lipinski definition) is 7. The summed E-state index contributed by atoms with van der Waals surface area (Å²) in [6.45, 7) is 6.05. The van der Waals surface area contributed by atoms with Gasteiger partial charge in [-0.25, -0.2) is 19.6 Å². The lowest BCUT2D eigenvalue weighted by molar-refractivity contribution is 0.0497. The van der Waals surface area contributed by atoms with Gasteiger partial charge in [0.2, 0.25) is 5.36 Å². The number of rotatable bonds is 9. The van der Waals surface area contributed by atoms with Crippen LogP contribution in [0.5, 0.6) is 0 Å². The van der Waals surface area contributed by atoms with E-state index in [1.807, 2.05) is 74.1 Å². The fourth-order valence-electron chi connectivity index (χ4n) is 4.71. The van der Waals surface area contributed by atoms with Crippen LogP contribution < -0.4 is 31.0 Å². The first-order valence-electron chi connectivity index (χ1n) is 14.3. The van der Waals surface area contributed by atoms with Gasteiger partial charge in [-0.1, -0.05) is 0 Å². The summed E-state index contributed by atoms with van der Waals surface area (Å²) in [4.78, 5) is 39.3. The summed E-state index contributed by atoms with van der Waals surface area (Å²) >= 11 is 0. The summed E-state index contributed by atoms with van der Waals surface area (Å²) in [6.07, 6.45) is -0.0586. The maximum absolute atomic E-state index is 13.2. The SMILES string of the molecule is CN(C)c1ccc2c(-c3cc(C(=O)NCCCNNC(=O)OC(C)(C)C)ccc3C(=O)O)c3ccc(=[N+](C)C)cc-3oc2c1.